The summed E-state index contributed by atoms with van der Waals surface area (Å²) >= 11 is 0. The van der Waals surface area contributed by atoms with Gasteiger partial charge in [-0.1, -0.05) is 38.5 Å². The quantitative estimate of drug-likeness (QED) is 0.346. The van der Waals surface area contributed by atoms with E-state index in [2.05, 4.69) is 15.1 Å². The van der Waals surface area contributed by atoms with Gasteiger partial charge in [0.15, 0.2) is 16.9 Å². The van der Waals surface area contributed by atoms with Gasteiger partial charge in [0.1, 0.15) is 12.4 Å². The molecule has 0 radical (unpaired) electrons. The van der Waals surface area contributed by atoms with Gasteiger partial charge in [-0.3, -0.25) is 14.3 Å². The van der Waals surface area contributed by atoms with E-state index in [1.807, 2.05) is 44.2 Å². The number of esters is 1. The summed E-state index contributed by atoms with van der Waals surface area (Å²) in [4.78, 5) is 44.9. The minimum absolute atomic E-state index is 0.0206. The number of hydrogen-bond donors (Lipinski definition) is 1. The van der Waals surface area contributed by atoms with Crippen molar-refractivity contribution in [3.8, 4) is 11.4 Å². The molecule has 0 aliphatic rings. The summed E-state index contributed by atoms with van der Waals surface area (Å²) in [5.74, 6) is -0.0484. The summed E-state index contributed by atoms with van der Waals surface area (Å²) in [5, 5.41) is 4.33. The number of ether oxygens (including phenoxy) is 2. The molecule has 0 aliphatic heterocycles. The van der Waals surface area contributed by atoms with Crippen LogP contribution in [0.5, 0.6) is 5.75 Å². The lowest BCUT2D eigenvalue weighted by molar-refractivity contribution is 0.0447. The smallest absolute Gasteiger partial charge is 0.363 e. The van der Waals surface area contributed by atoms with Crippen molar-refractivity contribution >= 4 is 17.1 Å². The van der Waals surface area contributed by atoms with Crippen LogP contribution in [-0.2, 0) is 24.4 Å². The predicted molar refractivity (Wildman–Crippen MR) is 129 cm³/mol. The number of rotatable bonds is 10. The highest BCUT2D eigenvalue weighted by atomic mass is 16.5. The fourth-order valence-corrected chi connectivity index (χ4v) is 3.88. The number of hydrogen-bond acceptors (Lipinski definition) is 7. The van der Waals surface area contributed by atoms with Crippen LogP contribution in [0.1, 0.15) is 49.4 Å². The Morgan fingerprint density at radius 2 is 1.83 bits per heavy atom. The standard InChI is InChI=1S/C24H28N6O5/c1-4-6-13-29-21-20(22(31)26-24(29)33)28(12-5-2)18(25-21)15-35-23(32)19-17(34-3)14-30(27-19)16-10-8-7-9-11-16/h7-11,14H,4-6,12-13,15H2,1-3H3,(H,26,31,33). The summed E-state index contributed by atoms with van der Waals surface area (Å²) in [6, 6.07) is 9.31. The first-order valence-electron chi connectivity index (χ1n) is 11.6. The van der Waals surface area contributed by atoms with Gasteiger partial charge in [-0.2, -0.15) is 5.10 Å². The molecular formula is C24H28N6O5. The number of aromatic amines is 1. The summed E-state index contributed by atoms with van der Waals surface area (Å²) in [7, 11) is 1.45. The average Bonchev–Trinajstić information content (AvgIpc) is 3.45. The summed E-state index contributed by atoms with van der Waals surface area (Å²) in [6.45, 7) is 4.69. The summed E-state index contributed by atoms with van der Waals surface area (Å²) < 4.78 is 15.6. The number of aryl methyl sites for hydroxylation is 2. The number of para-hydroxylation sites is 1. The maximum absolute atomic E-state index is 12.9. The Balaban J connectivity index is 1.66. The number of carbonyl (C=O) groups excluding carboxylic acids is 1. The minimum Gasteiger partial charge on any atom is -0.493 e. The van der Waals surface area contributed by atoms with Crippen LogP contribution >= 0.6 is 0 Å². The molecule has 0 atom stereocenters. The molecule has 4 aromatic rings. The van der Waals surface area contributed by atoms with Gasteiger partial charge in [0.25, 0.3) is 5.56 Å². The molecule has 4 rings (SSSR count). The molecular weight excluding hydrogens is 452 g/mol. The monoisotopic (exact) mass is 480 g/mol. The van der Waals surface area contributed by atoms with E-state index in [4.69, 9.17) is 9.47 Å². The molecule has 0 unspecified atom stereocenters. The lowest BCUT2D eigenvalue weighted by atomic mass is 10.3. The van der Waals surface area contributed by atoms with Crippen LogP contribution in [0.2, 0.25) is 0 Å². The molecule has 0 saturated heterocycles. The molecule has 1 aromatic carbocycles. The number of imidazole rings is 1. The Kier molecular flexibility index (Phi) is 7.14. The molecule has 3 heterocycles. The molecule has 0 spiro atoms. The number of nitrogens with one attached hydrogen (secondary N) is 1. The van der Waals surface area contributed by atoms with Crippen molar-refractivity contribution in [3.05, 3.63) is 68.9 Å². The van der Waals surface area contributed by atoms with Crippen LogP contribution in [-0.4, -0.2) is 42.0 Å². The zero-order valence-corrected chi connectivity index (χ0v) is 20.0. The summed E-state index contributed by atoms with van der Waals surface area (Å²) in [5.41, 5.74) is 0.347. The van der Waals surface area contributed by atoms with Gasteiger partial charge in [0.2, 0.25) is 5.69 Å². The van der Waals surface area contributed by atoms with Gasteiger partial charge in [0.05, 0.1) is 19.0 Å². The SMILES string of the molecule is CCCCn1c(=O)[nH]c(=O)c2c1nc(COC(=O)c1nn(-c3ccccc3)cc1OC)n2CCC. The molecule has 11 nitrogen and oxygen atoms in total. The molecule has 184 valence electrons. The maximum Gasteiger partial charge on any atom is 0.363 e. The molecule has 0 fully saturated rings. The molecule has 0 bridgehead atoms. The maximum atomic E-state index is 12.9. The molecule has 1 N–H and O–H groups in total. The number of unbranched alkanes of at least 4 members (excludes halogenated alkanes) is 1. The van der Waals surface area contributed by atoms with Crippen LogP contribution in [0.3, 0.4) is 0 Å². The number of H-pyrrole nitrogens is 1. The highest BCUT2D eigenvalue weighted by molar-refractivity contribution is 5.90. The van der Waals surface area contributed by atoms with E-state index in [0.717, 1.165) is 24.9 Å². The second kappa shape index (κ2) is 10.4. The zero-order chi connectivity index (χ0) is 24.9. The number of nitrogens with zero attached hydrogens (tertiary/aromatic N) is 5. The third-order valence-corrected chi connectivity index (χ3v) is 5.59. The average molecular weight is 481 g/mol. The van der Waals surface area contributed by atoms with Crippen molar-refractivity contribution in [3.63, 3.8) is 0 Å². The first kappa shape index (κ1) is 24.0. The van der Waals surface area contributed by atoms with Crippen molar-refractivity contribution in [1.82, 2.24) is 28.9 Å². The number of fused-ring (bicyclic) bond motifs is 1. The van der Waals surface area contributed by atoms with Crippen LogP contribution in [0, 0.1) is 0 Å². The predicted octanol–water partition coefficient (Wildman–Crippen LogP) is 2.65. The third kappa shape index (κ3) is 4.75. The molecule has 0 saturated carbocycles. The van der Waals surface area contributed by atoms with E-state index in [9.17, 15) is 14.4 Å². The number of benzene rings is 1. The van der Waals surface area contributed by atoms with Gasteiger partial charge in [-0.15, -0.1) is 0 Å². The normalized spacial score (nSPS) is 11.2. The van der Waals surface area contributed by atoms with Gasteiger partial charge >= 0.3 is 11.7 Å². The first-order valence-corrected chi connectivity index (χ1v) is 11.6. The van der Waals surface area contributed by atoms with Crippen molar-refractivity contribution in [2.75, 3.05) is 7.11 Å². The van der Waals surface area contributed by atoms with Crippen molar-refractivity contribution in [2.24, 2.45) is 0 Å². The molecule has 0 aliphatic carbocycles. The van der Waals surface area contributed by atoms with E-state index >= 15 is 0 Å². The highest BCUT2D eigenvalue weighted by Crippen LogP contribution is 2.21. The fourth-order valence-electron chi connectivity index (χ4n) is 3.88. The Labute approximate surface area is 200 Å². The molecule has 0 amide bonds. The van der Waals surface area contributed by atoms with E-state index < -0.39 is 17.2 Å². The van der Waals surface area contributed by atoms with Crippen LogP contribution in [0.25, 0.3) is 16.9 Å². The molecule has 35 heavy (non-hydrogen) atoms. The molecule has 3 aromatic heterocycles. The van der Waals surface area contributed by atoms with E-state index in [1.165, 1.54) is 16.4 Å². The van der Waals surface area contributed by atoms with Crippen LogP contribution < -0.4 is 16.0 Å². The number of aromatic nitrogens is 6. The fraction of sp³-hybridized carbons (Fsp3) is 0.375. The van der Waals surface area contributed by atoms with Gasteiger partial charge in [-0.05, 0) is 25.0 Å². The second-order valence-corrected chi connectivity index (χ2v) is 8.02. The Bertz CT molecular complexity index is 1450. The Morgan fingerprint density at radius 3 is 2.51 bits per heavy atom. The Hall–Kier alpha value is -4.15. The van der Waals surface area contributed by atoms with Crippen molar-refractivity contribution in [1.29, 1.82) is 0 Å². The topological polar surface area (TPSA) is 126 Å². The Morgan fingerprint density at radius 1 is 1.06 bits per heavy atom. The number of carbonyl (C=O) groups is 1. The third-order valence-electron chi connectivity index (χ3n) is 5.59. The highest BCUT2D eigenvalue weighted by Gasteiger charge is 2.23. The van der Waals surface area contributed by atoms with E-state index in [0.29, 0.717) is 24.4 Å². The van der Waals surface area contributed by atoms with E-state index in [1.54, 1.807) is 10.8 Å². The minimum atomic E-state index is -0.691. The first-order chi connectivity index (χ1) is 17.0. The number of methoxy groups -OCH3 is 1. The van der Waals surface area contributed by atoms with Crippen molar-refractivity contribution < 1.29 is 14.3 Å². The second-order valence-electron chi connectivity index (χ2n) is 8.02. The van der Waals surface area contributed by atoms with Gasteiger partial charge in [0, 0.05) is 13.1 Å². The van der Waals surface area contributed by atoms with Gasteiger partial charge in [-0.25, -0.2) is 19.3 Å². The lowest BCUT2D eigenvalue weighted by Gasteiger charge is -2.08. The van der Waals surface area contributed by atoms with E-state index in [-0.39, 0.29) is 23.7 Å². The van der Waals surface area contributed by atoms with Crippen LogP contribution in [0.4, 0.5) is 0 Å². The zero-order valence-electron chi connectivity index (χ0n) is 20.0. The molecule has 11 heteroatoms. The largest absolute Gasteiger partial charge is 0.493 e. The summed E-state index contributed by atoms with van der Waals surface area (Å²) in [6.07, 6.45) is 3.96. The van der Waals surface area contributed by atoms with Crippen LogP contribution in [0.15, 0.2) is 46.1 Å². The van der Waals surface area contributed by atoms with Crippen molar-refractivity contribution in [2.45, 2.75) is 52.8 Å². The lowest BCUT2D eigenvalue weighted by Crippen LogP contribution is -2.31. The van der Waals surface area contributed by atoms with Gasteiger partial charge < -0.3 is 14.0 Å².